The van der Waals surface area contributed by atoms with E-state index in [1.165, 1.54) is 0 Å². The molecule has 0 aliphatic carbocycles. The number of esters is 1. The molecule has 0 unspecified atom stereocenters. The first-order valence-corrected chi connectivity index (χ1v) is 7.39. The molecule has 1 heterocycles. The van der Waals surface area contributed by atoms with Crippen molar-refractivity contribution in [3.05, 3.63) is 23.8 Å². The van der Waals surface area contributed by atoms with E-state index >= 15 is 0 Å². The lowest BCUT2D eigenvalue weighted by molar-refractivity contribution is -0.143. The Morgan fingerprint density at radius 3 is 2.74 bits per heavy atom. The van der Waals surface area contributed by atoms with Crippen molar-refractivity contribution in [1.82, 2.24) is 0 Å². The smallest absolute Gasteiger partial charge is 0.316 e. The Bertz CT molecular complexity index is 515. The quantitative estimate of drug-likeness (QED) is 0.580. The Morgan fingerprint density at radius 1 is 1.32 bits per heavy atom. The molecule has 0 aromatic heterocycles. The van der Waals surface area contributed by atoms with E-state index in [-0.39, 0.29) is 11.8 Å². The fourth-order valence-corrected chi connectivity index (χ4v) is 2.77. The van der Waals surface area contributed by atoms with Gasteiger partial charge in [0.1, 0.15) is 5.75 Å². The molecule has 0 bridgehead atoms. The maximum absolute atomic E-state index is 11.9. The summed E-state index contributed by atoms with van der Waals surface area (Å²) in [4.78, 5) is 24.6. The van der Waals surface area contributed by atoms with Crippen molar-refractivity contribution in [1.29, 1.82) is 0 Å². The van der Waals surface area contributed by atoms with Crippen LogP contribution in [0.5, 0.6) is 5.75 Å². The molecule has 0 fully saturated rings. The number of carbonyl (C=O) groups is 2. The zero-order valence-electron chi connectivity index (χ0n) is 11.5. The molecule has 0 atom stereocenters. The molecule has 0 radical (unpaired) electrons. The molecule has 0 N–H and O–H groups in total. The minimum atomic E-state index is -0.532. The third kappa shape index (κ3) is 3.38. The standard InChI is InChI=1S/C15H18O3S/c1-15(2,3)14(17)18-10-6-7-11-12(16)5-4-8-19-13(11)9-10/h6-7,9H,4-5,8H2,1-3H3. The number of benzene rings is 1. The van der Waals surface area contributed by atoms with Crippen molar-refractivity contribution < 1.29 is 14.3 Å². The van der Waals surface area contributed by atoms with Crippen molar-refractivity contribution in [2.24, 2.45) is 5.41 Å². The van der Waals surface area contributed by atoms with E-state index < -0.39 is 5.41 Å². The molecular weight excluding hydrogens is 260 g/mol. The first kappa shape index (κ1) is 14.1. The number of hydrogen-bond acceptors (Lipinski definition) is 4. The highest BCUT2D eigenvalue weighted by atomic mass is 32.2. The Labute approximate surface area is 117 Å². The van der Waals surface area contributed by atoms with Crippen molar-refractivity contribution >= 4 is 23.5 Å². The summed E-state index contributed by atoms with van der Waals surface area (Å²) in [5.74, 6) is 1.35. The third-order valence-corrected chi connectivity index (χ3v) is 4.02. The van der Waals surface area contributed by atoms with Gasteiger partial charge in [0.25, 0.3) is 0 Å². The summed E-state index contributed by atoms with van der Waals surface area (Å²) in [5.41, 5.74) is 0.216. The summed E-state index contributed by atoms with van der Waals surface area (Å²) >= 11 is 1.65. The molecule has 1 aliphatic rings. The first-order valence-electron chi connectivity index (χ1n) is 6.40. The number of hydrogen-bond donors (Lipinski definition) is 0. The maximum Gasteiger partial charge on any atom is 0.316 e. The summed E-state index contributed by atoms with van der Waals surface area (Å²) in [5, 5.41) is 0. The van der Waals surface area contributed by atoms with Crippen LogP contribution in [0, 0.1) is 5.41 Å². The van der Waals surface area contributed by atoms with Crippen LogP contribution < -0.4 is 4.74 Å². The average molecular weight is 278 g/mol. The lowest BCUT2D eigenvalue weighted by atomic mass is 9.97. The SMILES string of the molecule is CC(C)(C)C(=O)Oc1ccc2c(c1)SCCCC2=O. The summed E-state index contributed by atoms with van der Waals surface area (Å²) in [6.45, 7) is 5.45. The maximum atomic E-state index is 11.9. The van der Waals surface area contributed by atoms with Gasteiger partial charge in [0.05, 0.1) is 5.41 Å². The van der Waals surface area contributed by atoms with Gasteiger partial charge in [-0.05, 0) is 51.1 Å². The van der Waals surface area contributed by atoms with Gasteiger partial charge >= 0.3 is 5.97 Å². The third-order valence-electron chi connectivity index (χ3n) is 2.88. The second kappa shape index (κ2) is 5.37. The molecule has 0 saturated carbocycles. The highest BCUT2D eigenvalue weighted by Gasteiger charge is 2.24. The van der Waals surface area contributed by atoms with E-state index in [1.807, 2.05) is 20.8 Å². The number of ether oxygens (including phenoxy) is 1. The molecule has 3 nitrogen and oxygen atoms in total. The van der Waals surface area contributed by atoms with Crippen LogP contribution in [0.15, 0.2) is 23.1 Å². The number of fused-ring (bicyclic) bond motifs is 1. The lowest BCUT2D eigenvalue weighted by Crippen LogP contribution is -2.25. The van der Waals surface area contributed by atoms with E-state index in [2.05, 4.69) is 0 Å². The van der Waals surface area contributed by atoms with Crippen LogP contribution in [0.2, 0.25) is 0 Å². The molecule has 0 spiro atoms. The van der Waals surface area contributed by atoms with E-state index in [1.54, 1.807) is 30.0 Å². The molecule has 1 aromatic rings. The van der Waals surface area contributed by atoms with E-state index in [0.29, 0.717) is 12.2 Å². The van der Waals surface area contributed by atoms with Gasteiger partial charge < -0.3 is 4.74 Å². The highest BCUT2D eigenvalue weighted by Crippen LogP contribution is 2.32. The van der Waals surface area contributed by atoms with Gasteiger partial charge in [0, 0.05) is 16.9 Å². The zero-order valence-corrected chi connectivity index (χ0v) is 12.3. The summed E-state index contributed by atoms with van der Waals surface area (Å²) < 4.78 is 5.36. The molecule has 1 aliphatic heterocycles. The molecule has 0 amide bonds. The average Bonchev–Trinajstić information content (AvgIpc) is 2.50. The van der Waals surface area contributed by atoms with Crippen molar-refractivity contribution in [2.45, 2.75) is 38.5 Å². The normalized spacial score (nSPS) is 15.6. The van der Waals surface area contributed by atoms with Crippen LogP contribution in [-0.4, -0.2) is 17.5 Å². The summed E-state index contributed by atoms with van der Waals surface area (Å²) in [7, 11) is 0. The van der Waals surface area contributed by atoms with E-state index in [9.17, 15) is 9.59 Å². The van der Waals surface area contributed by atoms with Gasteiger partial charge in [0.2, 0.25) is 0 Å². The van der Waals surface area contributed by atoms with Gasteiger partial charge in [-0.2, -0.15) is 0 Å². The van der Waals surface area contributed by atoms with E-state index in [4.69, 9.17) is 4.74 Å². The Hall–Kier alpha value is -1.29. The number of ketones is 1. The van der Waals surface area contributed by atoms with Gasteiger partial charge in [-0.25, -0.2) is 0 Å². The fraction of sp³-hybridized carbons (Fsp3) is 0.467. The minimum absolute atomic E-state index is 0.175. The largest absolute Gasteiger partial charge is 0.426 e. The van der Waals surface area contributed by atoms with Crippen LogP contribution in [0.4, 0.5) is 0 Å². The van der Waals surface area contributed by atoms with Gasteiger partial charge in [-0.1, -0.05) is 0 Å². The summed E-state index contributed by atoms with van der Waals surface area (Å²) in [6, 6.07) is 5.26. The number of thioether (sulfide) groups is 1. The molecular formula is C15H18O3S. The summed E-state index contributed by atoms with van der Waals surface area (Å²) in [6.07, 6.45) is 1.50. The molecule has 1 aromatic carbocycles. The number of Topliss-reactive ketones (excluding diaryl/α,β-unsaturated/α-hetero) is 1. The molecule has 102 valence electrons. The zero-order chi connectivity index (χ0) is 14.0. The van der Waals surface area contributed by atoms with Gasteiger partial charge in [-0.3, -0.25) is 9.59 Å². The Balaban J connectivity index is 2.24. The van der Waals surface area contributed by atoms with Gasteiger partial charge in [0.15, 0.2) is 5.78 Å². The second-order valence-corrected chi connectivity index (χ2v) is 6.81. The number of carbonyl (C=O) groups excluding carboxylic acids is 2. The van der Waals surface area contributed by atoms with E-state index in [0.717, 1.165) is 22.6 Å². The van der Waals surface area contributed by atoms with Crippen molar-refractivity contribution in [3.63, 3.8) is 0 Å². The Morgan fingerprint density at radius 2 is 2.05 bits per heavy atom. The van der Waals surface area contributed by atoms with Crippen LogP contribution >= 0.6 is 11.8 Å². The highest BCUT2D eigenvalue weighted by molar-refractivity contribution is 7.99. The predicted molar refractivity (Wildman–Crippen MR) is 75.8 cm³/mol. The van der Waals surface area contributed by atoms with Crippen LogP contribution in [0.25, 0.3) is 0 Å². The fourth-order valence-electron chi connectivity index (χ4n) is 1.73. The van der Waals surface area contributed by atoms with Crippen molar-refractivity contribution in [2.75, 3.05) is 5.75 Å². The Kier molecular flexibility index (Phi) is 3.99. The molecule has 4 heteroatoms. The molecule has 2 rings (SSSR count). The monoisotopic (exact) mass is 278 g/mol. The predicted octanol–water partition coefficient (Wildman–Crippen LogP) is 3.71. The van der Waals surface area contributed by atoms with Crippen LogP contribution in [0.1, 0.15) is 44.0 Å². The van der Waals surface area contributed by atoms with Crippen LogP contribution in [-0.2, 0) is 4.79 Å². The topological polar surface area (TPSA) is 43.4 Å². The minimum Gasteiger partial charge on any atom is -0.426 e. The molecule has 0 saturated heterocycles. The second-order valence-electron chi connectivity index (χ2n) is 5.67. The van der Waals surface area contributed by atoms with Crippen molar-refractivity contribution in [3.8, 4) is 5.75 Å². The number of rotatable bonds is 1. The van der Waals surface area contributed by atoms with Crippen LogP contribution in [0.3, 0.4) is 0 Å². The van der Waals surface area contributed by atoms with Gasteiger partial charge in [-0.15, -0.1) is 11.8 Å². The lowest BCUT2D eigenvalue weighted by Gasteiger charge is -2.17. The molecule has 19 heavy (non-hydrogen) atoms. The first-order chi connectivity index (χ1) is 8.88.